The molecule has 1 amide bonds. The van der Waals surface area contributed by atoms with Crippen LogP contribution in [0.1, 0.15) is 39.6 Å². The maximum Gasteiger partial charge on any atom is 0.248 e. The Morgan fingerprint density at radius 3 is 2.84 bits per heavy atom. The van der Waals surface area contributed by atoms with Gasteiger partial charge in [0.15, 0.2) is 5.82 Å². The van der Waals surface area contributed by atoms with E-state index in [-0.39, 0.29) is 5.82 Å². The number of aryl methyl sites for hydroxylation is 1. The number of hydrogen-bond donors (Lipinski definition) is 1. The number of carbonyl (C=O) groups is 1. The third-order valence-electron chi connectivity index (χ3n) is 3.75. The summed E-state index contributed by atoms with van der Waals surface area (Å²) in [6.07, 6.45) is 3.48. The van der Waals surface area contributed by atoms with Crippen molar-refractivity contribution >= 4 is 5.91 Å². The molecular weight excluding hydrogens is 321 g/mol. The second-order valence-corrected chi connectivity index (χ2v) is 5.62. The van der Waals surface area contributed by atoms with Crippen LogP contribution in [0.4, 0.5) is 4.39 Å². The van der Waals surface area contributed by atoms with Crippen LogP contribution in [0.5, 0.6) is 0 Å². The Bertz CT molecular complexity index is 876. The summed E-state index contributed by atoms with van der Waals surface area (Å²) >= 11 is 0. The summed E-state index contributed by atoms with van der Waals surface area (Å²) in [4.78, 5) is 15.7. The van der Waals surface area contributed by atoms with E-state index < -0.39 is 5.91 Å². The van der Waals surface area contributed by atoms with E-state index in [2.05, 4.69) is 10.1 Å². The highest BCUT2D eigenvalue weighted by Crippen LogP contribution is 2.14. The predicted molar refractivity (Wildman–Crippen MR) is 90.2 cm³/mol. The Kier molecular flexibility index (Phi) is 5.18. The molecule has 0 spiro atoms. The van der Waals surface area contributed by atoms with Gasteiger partial charge in [0.25, 0.3) is 0 Å². The molecule has 1 radical (unpaired) electrons. The fraction of sp³-hybridized carbons (Fsp3) is 0.158. The summed E-state index contributed by atoms with van der Waals surface area (Å²) in [5.74, 6) is 0.170. The van der Waals surface area contributed by atoms with Gasteiger partial charge in [0, 0.05) is 12.0 Å². The van der Waals surface area contributed by atoms with E-state index in [1.165, 1.54) is 12.1 Å². The largest absolute Gasteiger partial charge is 0.366 e. The van der Waals surface area contributed by atoms with Crippen LogP contribution in [-0.4, -0.2) is 16.0 Å². The van der Waals surface area contributed by atoms with Gasteiger partial charge >= 0.3 is 0 Å². The van der Waals surface area contributed by atoms with Crippen molar-refractivity contribution in [3.63, 3.8) is 0 Å². The number of rotatable bonds is 7. The van der Waals surface area contributed by atoms with Crippen molar-refractivity contribution in [3.05, 3.63) is 89.2 Å². The summed E-state index contributed by atoms with van der Waals surface area (Å²) in [6, 6.07) is 13.5. The van der Waals surface area contributed by atoms with Gasteiger partial charge in [-0.2, -0.15) is 4.98 Å². The molecule has 0 unspecified atom stereocenters. The monoisotopic (exact) mass is 338 g/mol. The number of hydrogen-bond acceptors (Lipinski definition) is 4. The summed E-state index contributed by atoms with van der Waals surface area (Å²) in [5.41, 5.74) is 7.55. The molecule has 0 aliphatic rings. The maximum atomic E-state index is 13.2. The number of benzene rings is 2. The second kappa shape index (κ2) is 7.70. The van der Waals surface area contributed by atoms with Crippen molar-refractivity contribution in [1.82, 2.24) is 10.1 Å². The number of halogens is 1. The standard InChI is InChI=1S/C19H17FN3O2/c20-15-8-3-5-13(11-15)12-17-22-18(25-23-17)10-4-7-14-6-1-2-9-16(14)19(21)24/h1-3,5-6,8-11H,4,7,12H2,(H2,21,24). The van der Waals surface area contributed by atoms with Crippen LogP contribution in [0.15, 0.2) is 53.1 Å². The topological polar surface area (TPSA) is 82.0 Å². The van der Waals surface area contributed by atoms with Gasteiger partial charge in [-0.3, -0.25) is 4.79 Å². The van der Waals surface area contributed by atoms with Crippen LogP contribution < -0.4 is 5.73 Å². The highest BCUT2D eigenvalue weighted by Gasteiger charge is 2.10. The molecule has 1 aromatic heterocycles. The first-order valence-corrected chi connectivity index (χ1v) is 7.90. The zero-order chi connectivity index (χ0) is 17.6. The zero-order valence-corrected chi connectivity index (χ0v) is 13.5. The average molecular weight is 338 g/mol. The first kappa shape index (κ1) is 16.8. The Hall–Kier alpha value is -3.02. The molecule has 127 valence electrons. The molecule has 3 rings (SSSR count). The van der Waals surface area contributed by atoms with Gasteiger partial charge in [0.1, 0.15) is 5.82 Å². The molecule has 0 saturated carbocycles. The smallest absolute Gasteiger partial charge is 0.248 e. The van der Waals surface area contributed by atoms with Gasteiger partial charge in [0.05, 0.1) is 6.42 Å². The van der Waals surface area contributed by atoms with E-state index in [0.29, 0.717) is 36.5 Å². The third-order valence-corrected chi connectivity index (χ3v) is 3.75. The van der Waals surface area contributed by atoms with Gasteiger partial charge < -0.3 is 10.3 Å². The van der Waals surface area contributed by atoms with Crippen molar-refractivity contribution in [2.45, 2.75) is 19.3 Å². The lowest BCUT2D eigenvalue weighted by Crippen LogP contribution is -2.13. The summed E-state index contributed by atoms with van der Waals surface area (Å²) in [6.45, 7) is 0. The van der Waals surface area contributed by atoms with E-state index in [1.807, 2.05) is 18.2 Å². The van der Waals surface area contributed by atoms with Crippen LogP contribution in [0.25, 0.3) is 0 Å². The van der Waals surface area contributed by atoms with Gasteiger partial charge in [-0.25, -0.2) is 4.39 Å². The van der Waals surface area contributed by atoms with Gasteiger partial charge in [-0.15, -0.1) is 0 Å². The fourth-order valence-corrected chi connectivity index (χ4v) is 2.58. The third kappa shape index (κ3) is 4.50. The minimum absolute atomic E-state index is 0.291. The number of primary amides is 1. The van der Waals surface area contributed by atoms with Gasteiger partial charge in [-0.1, -0.05) is 35.5 Å². The van der Waals surface area contributed by atoms with Crippen LogP contribution in [0.2, 0.25) is 0 Å². The fourth-order valence-electron chi connectivity index (χ4n) is 2.58. The normalized spacial score (nSPS) is 10.8. The second-order valence-electron chi connectivity index (χ2n) is 5.62. The van der Waals surface area contributed by atoms with Crippen molar-refractivity contribution in [2.75, 3.05) is 0 Å². The molecule has 1 heterocycles. The highest BCUT2D eigenvalue weighted by molar-refractivity contribution is 5.94. The minimum atomic E-state index is -0.439. The molecule has 5 nitrogen and oxygen atoms in total. The molecule has 0 aliphatic carbocycles. The Morgan fingerprint density at radius 2 is 2.04 bits per heavy atom. The number of aromatic nitrogens is 2. The lowest BCUT2D eigenvalue weighted by Gasteiger charge is -2.04. The lowest BCUT2D eigenvalue weighted by molar-refractivity contribution is 0.0999. The number of nitrogens with two attached hydrogens (primary N) is 1. The number of carbonyl (C=O) groups excluding carboxylic acids is 1. The molecule has 3 aromatic rings. The molecule has 0 saturated heterocycles. The zero-order valence-electron chi connectivity index (χ0n) is 13.5. The first-order valence-electron chi connectivity index (χ1n) is 7.90. The van der Waals surface area contributed by atoms with Crippen LogP contribution in [0.3, 0.4) is 0 Å². The van der Waals surface area contributed by atoms with Crippen molar-refractivity contribution in [1.29, 1.82) is 0 Å². The maximum absolute atomic E-state index is 13.2. The molecule has 25 heavy (non-hydrogen) atoms. The van der Waals surface area contributed by atoms with Crippen molar-refractivity contribution in [3.8, 4) is 0 Å². The lowest BCUT2D eigenvalue weighted by atomic mass is 10.0. The Balaban J connectivity index is 1.56. The molecule has 0 bridgehead atoms. The van der Waals surface area contributed by atoms with E-state index in [1.54, 1.807) is 24.6 Å². The SMILES string of the molecule is NC(=O)c1ccccc1CC[CH]c1nc(Cc2cccc(F)c2)no1. The van der Waals surface area contributed by atoms with Crippen LogP contribution in [0, 0.1) is 12.2 Å². The van der Waals surface area contributed by atoms with Crippen molar-refractivity contribution < 1.29 is 13.7 Å². The molecule has 0 fully saturated rings. The van der Waals surface area contributed by atoms with E-state index in [4.69, 9.17) is 10.3 Å². The summed E-state index contributed by atoms with van der Waals surface area (Å²) < 4.78 is 18.4. The van der Waals surface area contributed by atoms with Crippen molar-refractivity contribution in [2.24, 2.45) is 5.73 Å². The number of amides is 1. The van der Waals surface area contributed by atoms with E-state index in [9.17, 15) is 9.18 Å². The predicted octanol–water partition coefficient (Wildman–Crippen LogP) is 3.08. The molecule has 2 N–H and O–H groups in total. The Morgan fingerprint density at radius 1 is 1.20 bits per heavy atom. The Labute approximate surface area is 144 Å². The van der Waals surface area contributed by atoms with Gasteiger partial charge in [0.2, 0.25) is 11.8 Å². The molecule has 0 aliphatic heterocycles. The number of nitrogens with zero attached hydrogens (tertiary/aromatic N) is 2. The summed E-state index contributed by atoms with van der Waals surface area (Å²) in [5, 5.41) is 3.90. The quantitative estimate of drug-likeness (QED) is 0.718. The summed E-state index contributed by atoms with van der Waals surface area (Å²) in [7, 11) is 0. The molecule has 2 aromatic carbocycles. The molecule has 0 atom stereocenters. The highest BCUT2D eigenvalue weighted by atomic mass is 19.1. The van der Waals surface area contributed by atoms with E-state index >= 15 is 0 Å². The van der Waals surface area contributed by atoms with E-state index in [0.717, 1.165) is 11.1 Å². The average Bonchev–Trinajstić information content (AvgIpc) is 3.02. The van der Waals surface area contributed by atoms with Crippen LogP contribution >= 0.6 is 0 Å². The minimum Gasteiger partial charge on any atom is -0.366 e. The first-order chi connectivity index (χ1) is 12.1. The van der Waals surface area contributed by atoms with Crippen LogP contribution in [-0.2, 0) is 12.8 Å². The molecular formula is C19H17FN3O2. The van der Waals surface area contributed by atoms with Gasteiger partial charge in [-0.05, 0) is 42.2 Å². The molecule has 6 heteroatoms.